The lowest BCUT2D eigenvalue weighted by Gasteiger charge is -2.33. The molecule has 230 valence electrons. The summed E-state index contributed by atoms with van der Waals surface area (Å²) in [6, 6.07) is 13.0. The molecule has 0 radical (unpaired) electrons. The second kappa shape index (κ2) is 14.4. The maximum absolute atomic E-state index is 13.5. The number of likely N-dealkylation sites (N-methyl/N-ethyl adjacent to an activating group) is 1. The molecule has 2 aromatic rings. The Morgan fingerprint density at radius 1 is 1.17 bits per heavy atom. The van der Waals surface area contributed by atoms with E-state index in [2.05, 4.69) is 10.2 Å². The van der Waals surface area contributed by atoms with Gasteiger partial charge < -0.3 is 24.8 Å². The summed E-state index contributed by atoms with van der Waals surface area (Å²) in [5.41, 5.74) is 1.13. The number of aliphatic hydroxyl groups is 1. The number of aliphatic hydroxyl groups excluding tert-OH is 1. The van der Waals surface area contributed by atoms with Crippen LogP contribution in [-0.4, -0.2) is 111 Å². The number of ether oxygens (including phenoxy) is 2. The Bertz CT molecular complexity index is 1320. The van der Waals surface area contributed by atoms with E-state index in [1.807, 2.05) is 6.92 Å². The largest absolute Gasteiger partial charge is 0.488 e. The van der Waals surface area contributed by atoms with Crippen molar-refractivity contribution in [3.63, 3.8) is 0 Å². The fourth-order valence-electron chi connectivity index (χ4n) is 5.16. The first kappa shape index (κ1) is 31.9. The zero-order valence-corrected chi connectivity index (χ0v) is 25.4. The predicted molar refractivity (Wildman–Crippen MR) is 159 cm³/mol. The molecule has 0 spiro atoms. The topological polar surface area (TPSA) is 129 Å². The molecule has 2 heterocycles. The Kier molecular flexibility index (Phi) is 11.0. The zero-order valence-electron chi connectivity index (χ0n) is 24.6. The number of benzene rings is 2. The lowest BCUT2D eigenvalue weighted by atomic mass is 10.0. The molecule has 42 heavy (non-hydrogen) atoms. The summed E-state index contributed by atoms with van der Waals surface area (Å²) in [5, 5.41) is 12.8. The molecule has 1 fully saturated rings. The first-order valence-electron chi connectivity index (χ1n) is 14.4. The van der Waals surface area contributed by atoms with Crippen LogP contribution in [0.1, 0.15) is 25.8 Å². The lowest BCUT2D eigenvalue weighted by Crippen LogP contribution is -2.48. The van der Waals surface area contributed by atoms with Crippen LogP contribution in [-0.2, 0) is 30.8 Å². The number of fused-ring (bicyclic) bond motifs is 1. The standard InChI is InChI=1S/C30H42N4O7S/c1-22-19-34(23(2)21-35)30(37)18-24-17-25(31-29(36)11-12-33-13-15-40-16-14-33)9-10-27(24)41-28(22)20-32(3)42(38,39)26-7-5-4-6-8-26/h4-10,17,22-23,28,35H,11-16,18-21H2,1-3H3,(H,31,36)/t22-,23-,28+/m0/s1. The van der Waals surface area contributed by atoms with E-state index in [-0.39, 0.29) is 48.7 Å². The molecular weight excluding hydrogens is 560 g/mol. The van der Waals surface area contributed by atoms with Crippen molar-refractivity contribution in [2.24, 2.45) is 5.92 Å². The van der Waals surface area contributed by atoms with Crippen molar-refractivity contribution in [2.75, 3.05) is 64.9 Å². The quantitative estimate of drug-likeness (QED) is 0.422. The number of sulfonamides is 1. The van der Waals surface area contributed by atoms with Crippen molar-refractivity contribution in [2.45, 2.75) is 43.7 Å². The highest BCUT2D eigenvalue weighted by molar-refractivity contribution is 7.89. The molecule has 2 N–H and O–H groups in total. The van der Waals surface area contributed by atoms with Crippen molar-refractivity contribution in [3.05, 3.63) is 54.1 Å². The van der Waals surface area contributed by atoms with Gasteiger partial charge in [0.15, 0.2) is 0 Å². The van der Waals surface area contributed by atoms with Crippen LogP contribution in [0.2, 0.25) is 0 Å². The third kappa shape index (κ3) is 8.07. The van der Waals surface area contributed by atoms with Crippen LogP contribution in [0.3, 0.4) is 0 Å². The third-order valence-electron chi connectivity index (χ3n) is 7.85. The van der Waals surface area contributed by atoms with Crippen molar-refractivity contribution >= 4 is 27.5 Å². The van der Waals surface area contributed by atoms with Crippen molar-refractivity contribution in [3.8, 4) is 5.75 Å². The van der Waals surface area contributed by atoms with E-state index < -0.39 is 22.2 Å². The van der Waals surface area contributed by atoms with Crippen LogP contribution in [0.25, 0.3) is 0 Å². The summed E-state index contributed by atoms with van der Waals surface area (Å²) in [6.07, 6.45) is -0.259. The minimum atomic E-state index is -3.77. The Labute approximate surface area is 248 Å². The van der Waals surface area contributed by atoms with Gasteiger partial charge in [-0.15, -0.1) is 0 Å². The summed E-state index contributed by atoms with van der Waals surface area (Å²) in [6.45, 7) is 7.37. The predicted octanol–water partition coefficient (Wildman–Crippen LogP) is 1.82. The van der Waals surface area contributed by atoms with E-state index in [9.17, 15) is 23.1 Å². The summed E-state index contributed by atoms with van der Waals surface area (Å²) in [4.78, 5) is 30.2. The number of hydrogen-bond acceptors (Lipinski definition) is 8. The molecule has 0 unspecified atom stereocenters. The van der Waals surface area contributed by atoms with E-state index in [4.69, 9.17) is 9.47 Å². The summed E-state index contributed by atoms with van der Waals surface area (Å²) < 4.78 is 39.6. The average molecular weight is 603 g/mol. The van der Waals surface area contributed by atoms with Gasteiger partial charge in [-0.05, 0) is 37.3 Å². The highest BCUT2D eigenvalue weighted by Crippen LogP contribution is 2.30. The maximum atomic E-state index is 13.5. The molecule has 12 heteroatoms. The number of morpholine rings is 1. The molecule has 2 amide bonds. The Morgan fingerprint density at radius 2 is 1.88 bits per heavy atom. The molecule has 2 aromatic carbocycles. The van der Waals surface area contributed by atoms with Gasteiger partial charge in [0.1, 0.15) is 11.9 Å². The van der Waals surface area contributed by atoms with E-state index >= 15 is 0 Å². The second-order valence-corrected chi connectivity index (χ2v) is 13.1. The van der Waals surface area contributed by atoms with E-state index in [1.54, 1.807) is 60.4 Å². The van der Waals surface area contributed by atoms with Gasteiger partial charge in [0.05, 0.1) is 43.7 Å². The Hall–Kier alpha value is -3.03. The Morgan fingerprint density at radius 3 is 2.57 bits per heavy atom. The first-order chi connectivity index (χ1) is 20.1. The SMILES string of the molecule is C[C@H]1CN([C@@H](C)CO)C(=O)Cc2cc(NC(=O)CCN3CCOCC3)ccc2O[C@@H]1CN(C)S(=O)(=O)c1ccccc1. The zero-order chi connectivity index (χ0) is 30.3. The fraction of sp³-hybridized carbons (Fsp3) is 0.533. The first-order valence-corrected chi connectivity index (χ1v) is 15.8. The van der Waals surface area contributed by atoms with Crippen molar-refractivity contribution in [1.82, 2.24) is 14.1 Å². The molecule has 3 atom stereocenters. The maximum Gasteiger partial charge on any atom is 0.242 e. The number of amides is 2. The van der Waals surface area contributed by atoms with Crippen molar-refractivity contribution < 1.29 is 32.6 Å². The minimum Gasteiger partial charge on any atom is -0.488 e. The molecule has 0 saturated carbocycles. The molecule has 4 rings (SSSR count). The third-order valence-corrected chi connectivity index (χ3v) is 9.69. The van der Waals surface area contributed by atoms with Gasteiger partial charge in [-0.25, -0.2) is 8.42 Å². The number of nitrogens with zero attached hydrogens (tertiary/aromatic N) is 3. The van der Waals surface area contributed by atoms with Gasteiger partial charge in [0.2, 0.25) is 21.8 Å². The number of carbonyl (C=O) groups is 2. The monoisotopic (exact) mass is 602 g/mol. The normalized spacial score (nSPS) is 21.1. The Balaban J connectivity index is 1.56. The van der Waals surface area contributed by atoms with Crippen LogP contribution >= 0.6 is 0 Å². The second-order valence-electron chi connectivity index (χ2n) is 11.1. The highest BCUT2D eigenvalue weighted by Gasteiger charge is 2.33. The van der Waals surface area contributed by atoms with E-state index in [0.717, 1.165) is 13.1 Å². The molecule has 0 aromatic heterocycles. The number of carbonyl (C=O) groups excluding carboxylic acids is 2. The van der Waals surface area contributed by atoms with Crippen LogP contribution in [0.5, 0.6) is 5.75 Å². The molecular formula is C30H42N4O7S. The number of anilines is 1. The van der Waals surface area contributed by atoms with E-state index in [0.29, 0.717) is 43.2 Å². The van der Waals surface area contributed by atoms with Gasteiger partial charge in [0.25, 0.3) is 0 Å². The van der Waals surface area contributed by atoms with Crippen LogP contribution in [0.15, 0.2) is 53.4 Å². The van der Waals surface area contributed by atoms with Crippen LogP contribution < -0.4 is 10.1 Å². The fourth-order valence-corrected chi connectivity index (χ4v) is 6.36. The average Bonchev–Trinajstić information content (AvgIpc) is 3.04. The molecule has 11 nitrogen and oxygen atoms in total. The number of hydrogen-bond donors (Lipinski definition) is 2. The lowest BCUT2D eigenvalue weighted by molar-refractivity contribution is -0.134. The minimum absolute atomic E-state index is 0.00869. The molecule has 2 aliphatic rings. The van der Waals surface area contributed by atoms with E-state index in [1.165, 1.54) is 11.4 Å². The van der Waals surface area contributed by atoms with Gasteiger partial charge in [-0.2, -0.15) is 4.31 Å². The summed E-state index contributed by atoms with van der Waals surface area (Å²) in [5.74, 6) is -0.126. The molecule has 2 aliphatic heterocycles. The number of rotatable bonds is 10. The summed E-state index contributed by atoms with van der Waals surface area (Å²) in [7, 11) is -2.26. The molecule has 0 bridgehead atoms. The molecule has 0 aliphatic carbocycles. The van der Waals surface area contributed by atoms with Gasteiger partial charge in [0, 0.05) is 56.8 Å². The van der Waals surface area contributed by atoms with Crippen molar-refractivity contribution in [1.29, 1.82) is 0 Å². The van der Waals surface area contributed by atoms with Gasteiger partial charge >= 0.3 is 0 Å². The van der Waals surface area contributed by atoms with Crippen LogP contribution in [0.4, 0.5) is 5.69 Å². The summed E-state index contributed by atoms with van der Waals surface area (Å²) >= 11 is 0. The number of nitrogens with one attached hydrogen (secondary N) is 1. The van der Waals surface area contributed by atoms with Gasteiger partial charge in [-0.3, -0.25) is 14.5 Å². The molecule has 1 saturated heterocycles. The van der Waals surface area contributed by atoms with Gasteiger partial charge in [-0.1, -0.05) is 25.1 Å². The smallest absolute Gasteiger partial charge is 0.242 e. The highest BCUT2D eigenvalue weighted by atomic mass is 32.2. The van der Waals surface area contributed by atoms with Crippen LogP contribution in [0, 0.1) is 5.92 Å².